The van der Waals surface area contributed by atoms with Crippen LogP contribution in [-0.2, 0) is 21.2 Å². The summed E-state index contributed by atoms with van der Waals surface area (Å²) in [5, 5.41) is 12.5. The van der Waals surface area contributed by atoms with Crippen molar-refractivity contribution in [3.63, 3.8) is 0 Å². The first kappa shape index (κ1) is 27.7. The number of carboxylic acid groups (broad SMARTS) is 1. The van der Waals surface area contributed by atoms with Crippen molar-refractivity contribution in [1.82, 2.24) is 15.1 Å². The molecule has 9 nitrogen and oxygen atoms in total. The number of aliphatic imine (C=N–C) groups is 1. The Labute approximate surface area is 219 Å². The second-order valence-corrected chi connectivity index (χ2v) is 11.0. The van der Waals surface area contributed by atoms with Gasteiger partial charge in [-0.1, -0.05) is 53.5 Å². The first-order valence-electron chi connectivity index (χ1n) is 10.9. The highest BCUT2D eigenvalue weighted by Crippen LogP contribution is 2.28. The normalized spacial score (nSPS) is 13.8. The smallest absolute Gasteiger partial charge is 0.413 e. The fraction of sp³-hybridized carbons (Fsp3) is 0.292. The molecule has 0 aliphatic carbocycles. The SMILES string of the molecule is Cc1cc(S(=O)(=O)CNCC=CC(=O)N(C)Cc2ccc(C3=NCCN3C(=O)O)cc2)c(Cl)cc1Cl. The monoisotopic (exact) mass is 552 g/mol. The number of benzene rings is 2. The van der Waals surface area contributed by atoms with E-state index in [0.717, 1.165) is 5.56 Å². The van der Waals surface area contributed by atoms with Crippen LogP contribution in [0.25, 0.3) is 0 Å². The van der Waals surface area contributed by atoms with Gasteiger partial charge in [0.2, 0.25) is 5.91 Å². The Kier molecular flexibility index (Phi) is 9.13. The lowest BCUT2D eigenvalue weighted by Crippen LogP contribution is -2.33. The first-order chi connectivity index (χ1) is 17.0. The summed E-state index contributed by atoms with van der Waals surface area (Å²) >= 11 is 12.0. The molecule has 0 saturated carbocycles. The van der Waals surface area contributed by atoms with Gasteiger partial charge in [-0.2, -0.15) is 0 Å². The third kappa shape index (κ3) is 6.85. The molecule has 2 N–H and O–H groups in total. The number of hydrogen-bond donors (Lipinski definition) is 2. The van der Waals surface area contributed by atoms with Gasteiger partial charge >= 0.3 is 6.09 Å². The molecule has 2 aromatic carbocycles. The Morgan fingerprint density at radius 1 is 1.19 bits per heavy atom. The summed E-state index contributed by atoms with van der Waals surface area (Å²) in [6, 6.07) is 10.0. The van der Waals surface area contributed by atoms with E-state index in [9.17, 15) is 23.1 Å². The summed E-state index contributed by atoms with van der Waals surface area (Å²) in [6.45, 7) is 2.98. The number of aryl methyl sites for hydroxylation is 1. The summed E-state index contributed by atoms with van der Waals surface area (Å²) in [6.07, 6.45) is 1.87. The molecule has 1 aliphatic heterocycles. The maximum atomic E-state index is 12.6. The standard InChI is InChI=1S/C24H26Cl2N4O5S/c1-16-12-21(20(26)13-19(16)25)36(34,35)15-27-9-3-4-22(31)29(2)14-17-5-7-18(8-6-17)23-28-10-11-30(23)24(32)33/h3-8,12-13,27H,9-11,14-15H2,1-2H3,(H,32,33). The predicted octanol–water partition coefficient (Wildman–Crippen LogP) is 3.58. The number of carbonyl (C=O) groups is 2. The van der Waals surface area contributed by atoms with Crippen LogP contribution in [0.1, 0.15) is 16.7 Å². The molecule has 0 saturated heterocycles. The number of halogens is 2. The minimum atomic E-state index is -3.68. The van der Waals surface area contributed by atoms with Gasteiger partial charge in [0.25, 0.3) is 0 Å². The third-order valence-electron chi connectivity index (χ3n) is 5.44. The molecular weight excluding hydrogens is 527 g/mol. The molecule has 12 heteroatoms. The predicted molar refractivity (Wildman–Crippen MR) is 139 cm³/mol. The number of nitrogens with one attached hydrogen (secondary N) is 1. The van der Waals surface area contributed by atoms with Crippen LogP contribution < -0.4 is 5.32 Å². The first-order valence-corrected chi connectivity index (χ1v) is 13.4. The quantitative estimate of drug-likeness (QED) is 0.362. The minimum absolute atomic E-state index is 0.0000426. The molecule has 1 heterocycles. The van der Waals surface area contributed by atoms with Crippen LogP contribution in [0, 0.1) is 6.92 Å². The summed E-state index contributed by atoms with van der Waals surface area (Å²) in [7, 11) is -2.03. The van der Waals surface area contributed by atoms with Gasteiger partial charge in [0.05, 0.1) is 23.0 Å². The lowest BCUT2D eigenvalue weighted by atomic mass is 10.1. The third-order valence-corrected chi connectivity index (χ3v) is 7.87. The van der Waals surface area contributed by atoms with Crippen LogP contribution in [0.15, 0.2) is 58.4 Å². The summed E-state index contributed by atoms with van der Waals surface area (Å²) in [5.41, 5.74) is 2.17. The van der Waals surface area contributed by atoms with Crippen LogP contribution in [0.2, 0.25) is 10.0 Å². The topological polar surface area (TPSA) is 119 Å². The van der Waals surface area contributed by atoms with E-state index in [0.29, 0.717) is 41.6 Å². The Bertz CT molecular complexity index is 1310. The van der Waals surface area contributed by atoms with E-state index in [2.05, 4.69) is 10.3 Å². The largest absolute Gasteiger partial charge is 0.465 e. The fourth-order valence-electron chi connectivity index (χ4n) is 3.50. The Morgan fingerprint density at radius 2 is 1.89 bits per heavy atom. The molecule has 0 bridgehead atoms. The number of hydrogen-bond acceptors (Lipinski definition) is 6. The summed E-state index contributed by atoms with van der Waals surface area (Å²) in [4.78, 5) is 30.7. The maximum absolute atomic E-state index is 12.6. The molecule has 2 aromatic rings. The van der Waals surface area contributed by atoms with Gasteiger partial charge in [-0.25, -0.2) is 13.2 Å². The zero-order valence-corrected chi connectivity index (χ0v) is 22.1. The zero-order valence-electron chi connectivity index (χ0n) is 19.7. The lowest BCUT2D eigenvalue weighted by Gasteiger charge is -2.17. The van der Waals surface area contributed by atoms with Crippen molar-refractivity contribution in [3.05, 3.63) is 75.3 Å². The Hall–Kier alpha value is -2.92. The number of rotatable bonds is 9. The summed E-state index contributed by atoms with van der Waals surface area (Å²) in [5.74, 6) is -0.180. The second kappa shape index (κ2) is 11.9. The van der Waals surface area contributed by atoms with Crippen LogP contribution in [0.3, 0.4) is 0 Å². The van der Waals surface area contributed by atoms with Crippen molar-refractivity contribution in [2.24, 2.45) is 4.99 Å². The molecule has 36 heavy (non-hydrogen) atoms. The molecule has 192 valence electrons. The molecule has 0 aromatic heterocycles. The minimum Gasteiger partial charge on any atom is -0.465 e. The van der Waals surface area contributed by atoms with Crippen LogP contribution in [0.5, 0.6) is 0 Å². The fourth-order valence-corrected chi connectivity index (χ4v) is 5.49. The van der Waals surface area contributed by atoms with E-state index in [-0.39, 0.29) is 28.2 Å². The van der Waals surface area contributed by atoms with Crippen molar-refractivity contribution in [2.75, 3.05) is 32.6 Å². The number of carbonyl (C=O) groups excluding carboxylic acids is 1. The number of nitrogens with zero attached hydrogens (tertiary/aromatic N) is 3. The van der Waals surface area contributed by atoms with Crippen molar-refractivity contribution < 1.29 is 23.1 Å². The molecule has 3 rings (SSSR count). The van der Waals surface area contributed by atoms with E-state index < -0.39 is 15.9 Å². The van der Waals surface area contributed by atoms with Crippen molar-refractivity contribution in [2.45, 2.75) is 18.4 Å². The molecule has 0 atom stereocenters. The molecule has 2 amide bonds. The molecule has 0 radical (unpaired) electrons. The maximum Gasteiger partial charge on any atom is 0.413 e. The second-order valence-electron chi connectivity index (χ2n) is 8.18. The van der Waals surface area contributed by atoms with Crippen LogP contribution in [-0.4, -0.2) is 73.7 Å². The van der Waals surface area contributed by atoms with E-state index in [1.165, 1.54) is 28.0 Å². The highest BCUT2D eigenvalue weighted by atomic mass is 35.5. The van der Waals surface area contributed by atoms with Crippen molar-refractivity contribution >= 4 is 50.9 Å². The molecule has 1 aliphatic rings. The highest BCUT2D eigenvalue weighted by molar-refractivity contribution is 7.91. The number of amides is 2. The number of amidine groups is 1. The van der Waals surface area contributed by atoms with E-state index in [1.54, 1.807) is 32.2 Å². The van der Waals surface area contributed by atoms with Gasteiger partial charge in [-0.3, -0.25) is 20.0 Å². The summed E-state index contributed by atoms with van der Waals surface area (Å²) < 4.78 is 25.1. The molecular formula is C24H26Cl2N4O5S. The van der Waals surface area contributed by atoms with Gasteiger partial charge in [0, 0.05) is 36.8 Å². The number of sulfone groups is 1. The van der Waals surface area contributed by atoms with Crippen LogP contribution >= 0.6 is 23.2 Å². The van der Waals surface area contributed by atoms with Crippen molar-refractivity contribution in [3.8, 4) is 0 Å². The van der Waals surface area contributed by atoms with Gasteiger partial charge in [0.15, 0.2) is 9.84 Å². The van der Waals surface area contributed by atoms with E-state index in [4.69, 9.17) is 23.2 Å². The lowest BCUT2D eigenvalue weighted by molar-refractivity contribution is -0.125. The Balaban J connectivity index is 1.49. The van der Waals surface area contributed by atoms with Gasteiger partial charge in [-0.05, 0) is 30.2 Å². The van der Waals surface area contributed by atoms with Crippen LogP contribution in [0.4, 0.5) is 4.79 Å². The van der Waals surface area contributed by atoms with E-state index >= 15 is 0 Å². The Morgan fingerprint density at radius 3 is 2.56 bits per heavy atom. The average Bonchev–Trinajstić information content (AvgIpc) is 3.32. The molecule has 0 spiro atoms. The van der Waals surface area contributed by atoms with Gasteiger partial charge < -0.3 is 10.0 Å². The van der Waals surface area contributed by atoms with Crippen molar-refractivity contribution in [1.29, 1.82) is 0 Å². The molecule has 0 unspecified atom stereocenters. The van der Waals surface area contributed by atoms with Gasteiger partial charge in [0.1, 0.15) is 11.7 Å². The molecule has 0 fully saturated rings. The van der Waals surface area contributed by atoms with Gasteiger partial charge in [-0.15, -0.1) is 0 Å². The zero-order chi connectivity index (χ0) is 26.5. The number of likely N-dealkylation sites (N-methyl/N-ethyl adjacent to an activating group) is 1. The average molecular weight is 553 g/mol. The highest BCUT2D eigenvalue weighted by Gasteiger charge is 2.24. The van der Waals surface area contributed by atoms with E-state index in [1.807, 2.05) is 12.1 Å².